The minimum absolute atomic E-state index is 0.140. The first-order chi connectivity index (χ1) is 9.11. The Labute approximate surface area is 124 Å². The molecule has 0 bridgehead atoms. The van der Waals surface area contributed by atoms with Gasteiger partial charge in [0.2, 0.25) is 0 Å². The fourth-order valence-electron chi connectivity index (χ4n) is 1.72. The summed E-state index contributed by atoms with van der Waals surface area (Å²) in [6.07, 6.45) is 0. The third-order valence-corrected chi connectivity index (χ3v) is 3.55. The van der Waals surface area contributed by atoms with Crippen LogP contribution < -0.4 is 10.6 Å². The van der Waals surface area contributed by atoms with Crippen molar-refractivity contribution < 1.29 is 9.53 Å². The normalized spacial score (nSPS) is 20.5. The Balaban J connectivity index is 2.13. The molecule has 102 valence electrons. The number of halogens is 2. The number of aliphatic imine (C=N–C) groups is 1. The van der Waals surface area contributed by atoms with Crippen molar-refractivity contribution in [3.63, 3.8) is 0 Å². The van der Waals surface area contributed by atoms with Gasteiger partial charge in [0.15, 0.2) is 5.96 Å². The van der Waals surface area contributed by atoms with Gasteiger partial charge in [-0.15, -0.1) is 0 Å². The first-order valence-electron chi connectivity index (χ1n) is 5.67. The minimum Gasteiger partial charge on any atom is -0.383 e. The van der Waals surface area contributed by atoms with E-state index in [1.54, 1.807) is 19.2 Å². The van der Waals surface area contributed by atoms with Crippen molar-refractivity contribution in [2.24, 2.45) is 4.99 Å². The largest absolute Gasteiger partial charge is 0.383 e. The van der Waals surface area contributed by atoms with Crippen LogP contribution in [0.15, 0.2) is 27.7 Å². The topological polar surface area (TPSA) is 62.7 Å². The molecule has 1 heterocycles. The summed E-state index contributed by atoms with van der Waals surface area (Å²) in [5.74, 6) is 0.327. The summed E-state index contributed by atoms with van der Waals surface area (Å²) in [5.41, 5.74) is 0.818. The van der Waals surface area contributed by atoms with Crippen molar-refractivity contribution in [3.05, 3.63) is 33.3 Å². The van der Waals surface area contributed by atoms with Gasteiger partial charge in [-0.1, -0.05) is 33.6 Å². The second-order valence-electron chi connectivity index (χ2n) is 3.96. The van der Waals surface area contributed by atoms with Gasteiger partial charge in [0.1, 0.15) is 6.04 Å². The predicted molar refractivity (Wildman–Crippen MR) is 77.3 cm³/mol. The van der Waals surface area contributed by atoms with Gasteiger partial charge in [0.25, 0.3) is 5.91 Å². The Morgan fingerprint density at radius 1 is 1.53 bits per heavy atom. The quantitative estimate of drug-likeness (QED) is 0.818. The van der Waals surface area contributed by atoms with Gasteiger partial charge in [-0.3, -0.25) is 15.1 Å². The van der Waals surface area contributed by atoms with Gasteiger partial charge >= 0.3 is 0 Å². The predicted octanol–water partition coefficient (Wildman–Crippen LogP) is 1.87. The maximum atomic E-state index is 11.9. The molecule has 1 unspecified atom stereocenters. The Bertz CT molecular complexity index is 522. The highest BCUT2D eigenvalue weighted by Gasteiger charge is 2.30. The third-order valence-electron chi connectivity index (χ3n) is 2.62. The highest BCUT2D eigenvalue weighted by molar-refractivity contribution is 9.10. The van der Waals surface area contributed by atoms with Crippen LogP contribution >= 0.6 is 27.5 Å². The first kappa shape index (κ1) is 14.3. The number of hydrogen-bond acceptors (Lipinski definition) is 3. The third kappa shape index (κ3) is 3.46. The van der Waals surface area contributed by atoms with Gasteiger partial charge in [-0.05, 0) is 17.7 Å². The van der Waals surface area contributed by atoms with Gasteiger partial charge in [0, 0.05) is 16.6 Å². The summed E-state index contributed by atoms with van der Waals surface area (Å²) in [4.78, 5) is 16.1. The van der Waals surface area contributed by atoms with E-state index in [2.05, 4.69) is 31.6 Å². The number of nitrogens with zero attached hydrogens (tertiary/aromatic N) is 1. The van der Waals surface area contributed by atoms with E-state index < -0.39 is 6.04 Å². The van der Waals surface area contributed by atoms with Crippen molar-refractivity contribution in [1.29, 1.82) is 0 Å². The SMILES string of the molecule is COCCN=C1NC(=O)C(c2ccc(Cl)cc2Br)N1. The fourth-order valence-corrected chi connectivity index (χ4v) is 2.63. The number of amides is 1. The average molecular weight is 347 g/mol. The van der Waals surface area contributed by atoms with E-state index >= 15 is 0 Å². The summed E-state index contributed by atoms with van der Waals surface area (Å²) < 4.78 is 5.69. The molecule has 0 spiro atoms. The van der Waals surface area contributed by atoms with E-state index in [9.17, 15) is 4.79 Å². The Kier molecular flexibility index (Phi) is 4.79. The Hall–Kier alpha value is -1.11. The fraction of sp³-hybridized carbons (Fsp3) is 0.333. The van der Waals surface area contributed by atoms with Crippen LogP contribution in [0.3, 0.4) is 0 Å². The Morgan fingerprint density at radius 3 is 3.00 bits per heavy atom. The number of rotatable bonds is 4. The molecule has 1 aromatic carbocycles. The highest BCUT2D eigenvalue weighted by atomic mass is 79.9. The number of guanidine groups is 1. The second-order valence-corrected chi connectivity index (χ2v) is 5.25. The van der Waals surface area contributed by atoms with Gasteiger partial charge in [-0.2, -0.15) is 0 Å². The summed E-state index contributed by atoms with van der Waals surface area (Å²) in [7, 11) is 1.61. The molecule has 1 atom stereocenters. The van der Waals surface area contributed by atoms with Gasteiger partial charge < -0.3 is 10.1 Å². The smallest absolute Gasteiger partial charge is 0.253 e. The molecule has 1 fully saturated rings. The number of benzene rings is 1. The summed E-state index contributed by atoms with van der Waals surface area (Å²) in [6.45, 7) is 1.00. The molecule has 2 N–H and O–H groups in total. The molecule has 2 rings (SSSR count). The van der Waals surface area contributed by atoms with Crippen molar-refractivity contribution >= 4 is 39.4 Å². The van der Waals surface area contributed by atoms with Crippen molar-refractivity contribution in [3.8, 4) is 0 Å². The average Bonchev–Trinajstić information content (AvgIpc) is 2.71. The van der Waals surface area contributed by atoms with Crippen LogP contribution in [-0.2, 0) is 9.53 Å². The van der Waals surface area contributed by atoms with Gasteiger partial charge in [-0.25, -0.2) is 0 Å². The van der Waals surface area contributed by atoms with Crippen molar-refractivity contribution in [2.75, 3.05) is 20.3 Å². The maximum Gasteiger partial charge on any atom is 0.253 e. The van der Waals surface area contributed by atoms with E-state index in [4.69, 9.17) is 16.3 Å². The van der Waals surface area contributed by atoms with E-state index in [0.29, 0.717) is 24.1 Å². The molecule has 19 heavy (non-hydrogen) atoms. The lowest BCUT2D eigenvalue weighted by Gasteiger charge is -2.10. The lowest BCUT2D eigenvalue weighted by Crippen LogP contribution is -2.26. The van der Waals surface area contributed by atoms with Crippen molar-refractivity contribution in [1.82, 2.24) is 10.6 Å². The standard InChI is InChI=1S/C12H13BrClN3O2/c1-19-5-4-15-12-16-10(11(18)17-12)8-3-2-7(14)6-9(8)13/h2-3,6,10H,4-5H2,1H3,(H2,15,16,17,18). The first-order valence-corrected chi connectivity index (χ1v) is 6.84. The summed E-state index contributed by atoms with van der Waals surface area (Å²) in [5, 5.41) is 6.34. The lowest BCUT2D eigenvalue weighted by atomic mass is 10.1. The maximum absolute atomic E-state index is 11.9. The molecular weight excluding hydrogens is 334 g/mol. The van der Waals surface area contributed by atoms with E-state index in [-0.39, 0.29) is 5.91 Å². The number of methoxy groups -OCH3 is 1. The van der Waals surface area contributed by atoms with E-state index in [0.717, 1.165) is 10.0 Å². The van der Waals surface area contributed by atoms with Crippen LogP contribution in [0.4, 0.5) is 0 Å². The van der Waals surface area contributed by atoms with E-state index in [1.807, 2.05) is 6.07 Å². The highest BCUT2D eigenvalue weighted by Crippen LogP contribution is 2.28. The molecule has 0 radical (unpaired) electrons. The molecule has 1 aromatic rings. The zero-order chi connectivity index (χ0) is 13.8. The number of nitrogens with one attached hydrogen (secondary N) is 2. The molecule has 1 aliphatic heterocycles. The lowest BCUT2D eigenvalue weighted by molar-refractivity contribution is -0.120. The molecule has 0 aliphatic carbocycles. The Morgan fingerprint density at radius 2 is 2.32 bits per heavy atom. The number of hydrogen-bond donors (Lipinski definition) is 2. The van der Waals surface area contributed by atoms with Crippen LogP contribution in [0, 0.1) is 0 Å². The van der Waals surface area contributed by atoms with Crippen LogP contribution in [-0.4, -0.2) is 32.1 Å². The van der Waals surface area contributed by atoms with E-state index in [1.165, 1.54) is 0 Å². The van der Waals surface area contributed by atoms with Crippen LogP contribution in [0.1, 0.15) is 11.6 Å². The summed E-state index contributed by atoms with van der Waals surface area (Å²) >= 11 is 9.29. The number of carbonyl (C=O) groups excluding carboxylic acids is 1. The zero-order valence-electron chi connectivity index (χ0n) is 10.2. The molecule has 1 amide bonds. The molecular formula is C12H13BrClN3O2. The van der Waals surface area contributed by atoms with Crippen LogP contribution in [0.2, 0.25) is 5.02 Å². The second kappa shape index (κ2) is 6.36. The zero-order valence-corrected chi connectivity index (χ0v) is 12.6. The number of carbonyl (C=O) groups is 1. The van der Waals surface area contributed by atoms with Crippen molar-refractivity contribution in [2.45, 2.75) is 6.04 Å². The molecule has 1 aliphatic rings. The monoisotopic (exact) mass is 345 g/mol. The molecule has 1 saturated heterocycles. The molecule has 5 nitrogen and oxygen atoms in total. The number of ether oxygens (including phenoxy) is 1. The molecule has 7 heteroatoms. The molecule has 0 saturated carbocycles. The summed E-state index contributed by atoms with van der Waals surface area (Å²) in [6, 6.07) is 4.84. The van der Waals surface area contributed by atoms with Crippen LogP contribution in [0.5, 0.6) is 0 Å². The van der Waals surface area contributed by atoms with Crippen LogP contribution in [0.25, 0.3) is 0 Å². The molecule has 0 aromatic heterocycles. The minimum atomic E-state index is -0.465. The van der Waals surface area contributed by atoms with Gasteiger partial charge in [0.05, 0.1) is 13.2 Å².